The van der Waals surface area contributed by atoms with Gasteiger partial charge in [-0.15, -0.1) is 0 Å². The number of nitrogen functional groups attached to an aromatic ring is 1. The molecule has 3 heteroatoms. The maximum atomic E-state index is 5.93. The van der Waals surface area contributed by atoms with E-state index in [1.807, 2.05) is 25.1 Å². The third-order valence-corrected chi connectivity index (χ3v) is 2.70. The van der Waals surface area contributed by atoms with Crippen LogP contribution in [0, 0.1) is 6.92 Å². The van der Waals surface area contributed by atoms with Crippen LogP contribution in [0.4, 0.5) is 5.69 Å². The first-order chi connectivity index (χ1) is 7.27. The number of nitrogens with two attached hydrogens (primary N) is 1. The average Bonchev–Trinajstić information content (AvgIpc) is 2.26. The number of rotatable bonds is 2. The molecule has 1 saturated heterocycles. The summed E-state index contributed by atoms with van der Waals surface area (Å²) in [6.07, 6.45) is 2.27. The van der Waals surface area contributed by atoms with Crippen molar-refractivity contribution in [2.75, 3.05) is 18.9 Å². The lowest BCUT2D eigenvalue weighted by molar-refractivity contribution is 0.00774. The monoisotopic (exact) mass is 207 g/mol. The second-order valence-corrected chi connectivity index (χ2v) is 3.94. The van der Waals surface area contributed by atoms with Crippen LogP contribution in [0.1, 0.15) is 18.4 Å². The second kappa shape index (κ2) is 4.53. The van der Waals surface area contributed by atoms with E-state index in [9.17, 15) is 0 Å². The van der Waals surface area contributed by atoms with Gasteiger partial charge in [0.1, 0.15) is 11.9 Å². The molecule has 0 aliphatic carbocycles. The summed E-state index contributed by atoms with van der Waals surface area (Å²) in [6, 6.07) is 5.86. The van der Waals surface area contributed by atoms with Crippen molar-refractivity contribution in [1.82, 2.24) is 0 Å². The molecule has 0 bridgehead atoms. The highest BCUT2D eigenvalue weighted by molar-refractivity contribution is 5.57. The number of para-hydroxylation sites is 1. The van der Waals surface area contributed by atoms with E-state index in [-0.39, 0.29) is 6.10 Å². The number of hydrogen-bond donors (Lipinski definition) is 1. The molecular formula is C12H17NO2. The van der Waals surface area contributed by atoms with E-state index in [2.05, 4.69) is 0 Å². The zero-order valence-corrected chi connectivity index (χ0v) is 9.03. The summed E-state index contributed by atoms with van der Waals surface area (Å²) < 4.78 is 11.2. The van der Waals surface area contributed by atoms with Crippen LogP contribution < -0.4 is 10.5 Å². The van der Waals surface area contributed by atoms with E-state index >= 15 is 0 Å². The molecule has 1 heterocycles. The zero-order chi connectivity index (χ0) is 10.7. The molecule has 15 heavy (non-hydrogen) atoms. The van der Waals surface area contributed by atoms with Crippen LogP contribution in [0.25, 0.3) is 0 Å². The summed E-state index contributed by atoms with van der Waals surface area (Å²) in [7, 11) is 0. The topological polar surface area (TPSA) is 44.5 Å². The Bertz CT molecular complexity index is 332. The van der Waals surface area contributed by atoms with Gasteiger partial charge in [0, 0.05) is 6.61 Å². The molecule has 82 valence electrons. The average molecular weight is 207 g/mol. The van der Waals surface area contributed by atoms with Gasteiger partial charge in [-0.3, -0.25) is 0 Å². The van der Waals surface area contributed by atoms with E-state index in [4.69, 9.17) is 15.2 Å². The molecule has 1 aromatic carbocycles. The van der Waals surface area contributed by atoms with Crippen LogP contribution in [-0.2, 0) is 4.74 Å². The molecule has 0 saturated carbocycles. The maximum Gasteiger partial charge on any atom is 0.143 e. The maximum absolute atomic E-state index is 5.93. The van der Waals surface area contributed by atoms with Crippen molar-refractivity contribution in [1.29, 1.82) is 0 Å². The first-order valence-corrected chi connectivity index (χ1v) is 5.37. The van der Waals surface area contributed by atoms with Crippen LogP contribution in [0.2, 0.25) is 0 Å². The van der Waals surface area contributed by atoms with Crippen LogP contribution >= 0.6 is 0 Å². The Kier molecular flexibility index (Phi) is 3.11. The molecule has 1 unspecified atom stereocenters. The smallest absolute Gasteiger partial charge is 0.143 e. The fourth-order valence-electron chi connectivity index (χ4n) is 1.74. The molecule has 1 aromatic rings. The summed E-state index contributed by atoms with van der Waals surface area (Å²) in [5, 5.41) is 0. The van der Waals surface area contributed by atoms with Crippen LogP contribution in [0.3, 0.4) is 0 Å². The Morgan fingerprint density at radius 2 is 2.33 bits per heavy atom. The summed E-state index contributed by atoms with van der Waals surface area (Å²) >= 11 is 0. The minimum atomic E-state index is 0.155. The van der Waals surface area contributed by atoms with Crippen molar-refractivity contribution in [3.05, 3.63) is 23.8 Å². The molecule has 0 amide bonds. The van der Waals surface area contributed by atoms with E-state index in [0.29, 0.717) is 6.61 Å². The molecule has 0 spiro atoms. The third kappa shape index (κ3) is 2.42. The quantitative estimate of drug-likeness (QED) is 0.755. The minimum Gasteiger partial charge on any atom is -0.486 e. The van der Waals surface area contributed by atoms with E-state index in [0.717, 1.165) is 36.4 Å². The van der Waals surface area contributed by atoms with Crippen LogP contribution in [-0.4, -0.2) is 19.3 Å². The van der Waals surface area contributed by atoms with Crippen molar-refractivity contribution >= 4 is 5.69 Å². The Labute approximate surface area is 90.2 Å². The molecule has 3 nitrogen and oxygen atoms in total. The van der Waals surface area contributed by atoms with Crippen LogP contribution in [0.15, 0.2) is 18.2 Å². The van der Waals surface area contributed by atoms with Gasteiger partial charge < -0.3 is 15.2 Å². The van der Waals surface area contributed by atoms with Crippen molar-refractivity contribution in [2.24, 2.45) is 0 Å². The molecule has 2 N–H and O–H groups in total. The number of benzene rings is 1. The number of aryl methyl sites for hydroxylation is 1. The highest BCUT2D eigenvalue weighted by atomic mass is 16.5. The summed E-state index contributed by atoms with van der Waals surface area (Å²) in [5.74, 6) is 0.783. The van der Waals surface area contributed by atoms with Gasteiger partial charge in [0.2, 0.25) is 0 Å². The lowest BCUT2D eigenvalue weighted by Gasteiger charge is -2.24. The van der Waals surface area contributed by atoms with Gasteiger partial charge in [-0.25, -0.2) is 0 Å². The third-order valence-electron chi connectivity index (χ3n) is 2.70. The molecule has 1 aliphatic rings. The van der Waals surface area contributed by atoms with Crippen LogP contribution in [0.5, 0.6) is 5.75 Å². The Morgan fingerprint density at radius 1 is 1.47 bits per heavy atom. The standard InChI is InChI=1S/C12H17NO2/c1-9-4-2-6-11(12(9)13)15-10-5-3-7-14-8-10/h2,4,6,10H,3,5,7-8,13H2,1H3. The fraction of sp³-hybridized carbons (Fsp3) is 0.500. The minimum absolute atomic E-state index is 0.155. The van der Waals surface area contributed by atoms with E-state index in [1.54, 1.807) is 0 Å². The van der Waals surface area contributed by atoms with Gasteiger partial charge in [-0.2, -0.15) is 0 Å². The molecule has 0 radical (unpaired) electrons. The fourth-order valence-corrected chi connectivity index (χ4v) is 1.74. The Hall–Kier alpha value is -1.22. The molecule has 2 rings (SSSR count). The van der Waals surface area contributed by atoms with Crippen molar-refractivity contribution in [3.8, 4) is 5.75 Å². The summed E-state index contributed by atoms with van der Waals surface area (Å²) in [4.78, 5) is 0. The van der Waals surface area contributed by atoms with Gasteiger partial charge in [-0.05, 0) is 31.4 Å². The van der Waals surface area contributed by atoms with Gasteiger partial charge in [0.25, 0.3) is 0 Å². The number of hydrogen-bond acceptors (Lipinski definition) is 3. The van der Waals surface area contributed by atoms with E-state index < -0.39 is 0 Å². The number of ether oxygens (including phenoxy) is 2. The summed E-state index contributed by atoms with van der Waals surface area (Å²) in [5.41, 5.74) is 7.73. The Morgan fingerprint density at radius 3 is 3.07 bits per heavy atom. The SMILES string of the molecule is Cc1cccc(OC2CCCOC2)c1N. The van der Waals surface area contributed by atoms with Crippen molar-refractivity contribution in [3.63, 3.8) is 0 Å². The molecule has 1 atom stereocenters. The predicted octanol–water partition coefficient (Wildman–Crippen LogP) is 2.14. The van der Waals surface area contributed by atoms with Gasteiger partial charge >= 0.3 is 0 Å². The van der Waals surface area contributed by atoms with Crippen molar-refractivity contribution in [2.45, 2.75) is 25.9 Å². The molecular weight excluding hydrogens is 190 g/mol. The lowest BCUT2D eigenvalue weighted by Crippen LogP contribution is -2.28. The highest BCUT2D eigenvalue weighted by Gasteiger charge is 2.16. The first-order valence-electron chi connectivity index (χ1n) is 5.37. The largest absolute Gasteiger partial charge is 0.486 e. The Balaban J connectivity index is 2.06. The molecule has 1 fully saturated rings. The zero-order valence-electron chi connectivity index (χ0n) is 9.03. The summed E-state index contributed by atoms with van der Waals surface area (Å²) in [6.45, 7) is 3.51. The predicted molar refractivity (Wildman–Crippen MR) is 60.1 cm³/mol. The van der Waals surface area contributed by atoms with Gasteiger partial charge in [0.05, 0.1) is 12.3 Å². The number of anilines is 1. The highest BCUT2D eigenvalue weighted by Crippen LogP contribution is 2.26. The van der Waals surface area contributed by atoms with Crippen molar-refractivity contribution < 1.29 is 9.47 Å². The normalized spacial score (nSPS) is 21.3. The lowest BCUT2D eigenvalue weighted by atomic mass is 10.1. The van der Waals surface area contributed by atoms with Gasteiger partial charge in [-0.1, -0.05) is 12.1 Å². The molecule has 0 aromatic heterocycles. The molecule has 1 aliphatic heterocycles. The second-order valence-electron chi connectivity index (χ2n) is 3.94. The van der Waals surface area contributed by atoms with E-state index in [1.165, 1.54) is 0 Å². The van der Waals surface area contributed by atoms with Gasteiger partial charge in [0.15, 0.2) is 0 Å². The first kappa shape index (κ1) is 10.3.